The summed E-state index contributed by atoms with van der Waals surface area (Å²) >= 11 is 0. The maximum Gasteiger partial charge on any atom is 0.356 e. The molecule has 0 aromatic carbocycles. The van der Waals surface area contributed by atoms with Crippen molar-refractivity contribution in [2.45, 2.75) is 39.2 Å². The molecule has 1 saturated heterocycles. The van der Waals surface area contributed by atoms with Gasteiger partial charge >= 0.3 is 5.97 Å². The Labute approximate surface area is 140 Å². The lowest BCUT2D eigenvalue weighted by Gasteiger charge is -2.32. The number of amides is 2. The molecule has 24 heavy (non-hydrogen) atoms. The van der Waals surface area contributed by atoms with Crippen LogP contribution in [0.2, 0.25) is 0 Å². The molecule has 2 heterocycles. The van der Waals surface area contributed by atoms with Gasteiger partial charge in [-0.15, -0.1) is 0 Å². The first-order chi connectivity index (χ1) is 11.4. The molecule has 2 N–H and O–H groups in total. The molecule has 8 heteroatoms. The molecular formula is C16H22N4O4. The minimum absolute atomic E-state index is 0.0263. The number of aromatic nitrogens is 2. The van der Waals surface area contributed by atoms with Gasteiger partial charge in [0.05, 0.1) is 12.4 Å². The van der Waals surface area contributed by atoms with Crippen LogP contribution in [0.3, 0.4) is 0 Å². The van der Waals surface area contributed by atoms with Gasteiger partial charge in [0.2, 0.25) is 5.91 Å². The lowest BCUT2D eigenvalue weighted by Crippen LogP contribution is -2.46. The smallest absolute Gasteiger partial charge is 0.356 e. The van der Waals surface area contributed by atoms with Crippen LogP contribution in [0.1, 0.15) is 54.1 Å². The van der Waals surface area contributed by atoms with Crippen molar-refractivity contribution in [2.75, 3.05) is 13.1 Å². The van der Waals surface area contributed by atoms with Crippen molar-refractivity contribution in [3.63, 3.8) is 0 Å². The summed E-state index contributed by atoms with van der Waals surface area (Å²) < 4.78 is 0. The number of hydrogen-bond acceptors (Lipinski definition) is 5. The fourth-order valence-corrected chi connectivity index (χ4v) is 2.57. The van der Waals surface area contributed by atoms with E-state index in [0.717, 1.165) is 12.4 Å². The first-order valence-electron chi connectivity index (χ1n) is 8.00. The number of rotatable bonds is 5. The zero-order valence-electron chi connectivity index (χ0n) is 13.9. The fraction of sp³-hybridized carbons (Fsp3) is 0.562. The second kappa shape index (κ2) is 7.85. The molecular weight excluding hydrogens is 312 g/mol. The van der Waals surface area contributed by atoms with Gasteiger partial charge in [0.25, 0.3) is 5.91 Å². The van der Waals surface area contributed by atoms with Gasteiger partial charge in [0.15, 0.2) is 5.69 Å². The van der Waals surface area contributed by atoms with Crippen molar-refractivity contribution >= 4 is 17.8 Å². The van der Waals surface area contributed by atoms with E-state index in [1.807, 2.05) is 18.7 Å². The van der Waals surface area contributed by atoms with Gasteiger partial charge in [-0.05, 0) is 18.8 Å². The topological polar surface area (TPSA) is 112 Å². The highest BCUT2D eigenvalue weighted by Gasteiger charge is 2.24. The third-order valence-corrected chi connectivity index (χ3v) is 3.87. The van der Waals surface area contributed by atoms with E-state index >= 15 is 0 Å². The molecule has 130 valence electrons. The van der Waals surface area contributed by atoms with Crippen LogP contribution in [0.15, 0.2) is 12.4 Å². The Kier molecular flexibility index (Phi) is 5.83. The number of piperidine rings is 1. The molecule has 1 aromatic heterocycles. The van der Waals surface area contributed by atoms with Crippen LogP contribution in [0.5, 0.6) is 0 Å². The van der Waals surface area contributed by atoms with Gasteiger partial charge < -0.3 is 15.3 Å². The van der Waals surface area contributed by atoms with Crippen LogP contribution in [0, 0.1) is 5.92 Å². The van der Waals surface area contributed by atoms with Crippen molar-refractivity contribution in [3.8, 4) is 0 Å². The molecule has 1 fully saturated rings. The maximum atomic E-state index is 12.1. The van der Waals surface area contributed by atoms with Crippen LogP contribution in [-0.2, 0) is 4.79 Å². The molecule has 0 saturated carbocycles. The molecule has 0 unspecified atom stereocenters. The molecule has 0 bridgehead atoms. The van der Waals surface area contributed by atoms with Crippen molar-refractivity contribution < 1.29 is 19.5 Å². The average molecular weight is 334 g/mol. The van der Waals surface area contributed by atoms with Gasteiger partial charge in [-0.25, -0.2) is 14.8 Å². The SMILES string of the molecule is CC(C)CC(=O)N1CCC(NC(=O)c2cnc(C(=O)O)cn2)CC1. The molecule has 2 amide bonds. The Balaban J connectivity index is 1.84. The van der Waals surface area contributed by atoms with Crippen LogP contribution < -0.4 is 5.32 Å². The van der Waals surface area contributed by atoms with E-state index in [4.69, 9.17) is 5.11 Å². The van der Waals surface area contributed by atoms with Gasteiger partial charge in [-0.2, -0.15) is 0 Å². The summed E-state index contributed by atoms with van der Waals surface area (Å²) in [6, 6.07) is -0.0263. The Bertz CT molecular complexity index is 607. The predicted molar refractivity (Wildman–Crippen MR) is 85.5 cm³/mol. The first-order valence-corrected chi connectivity index (χ1v) is 8.00. The lowest BCUT2D eigenvalue weighted by atomic mass is 10.0. The van der Waals surface area contributed by atoms with E-state index < -0.39 is 5.97 Å². The van der Waals surface area contributed by atoms with Crippen molar-refractivity contribution in [3.05, 3.63) is 23.8 Å². The van der Waals surface area contributed by atoms with E-state index in [1.54, 1.807) is 0 Å². The van der Waals surface area contributed by atoms with Crippen LogP contribution in [0.25, 0.3) is 0 Å². The Morgan fingerprint density at radius 1 is 1.21 bits per heavy atom. The Hall–Kier alpha value is -2.51. The van der Waals surface area contributed by atoms with Crippen LogP contribution in [-0.4, -0.2) is 56.9 Å². The molecule has 0 spiro atoms. The van der Waals surface area contributed by atoms with Crippen molar-refractivity contribution in [1.29, 1.82) is 0 Å². The number of hydrogen-bond donors (Lipinski definition) is 2. The standard InChI is InChI=1S/C16H22N4O4/c1-10(2)7-14(21)20-5-3-11(4-6-20)19-15(22)12-8-18-13(9-17-12)16(23)24/h8-11H,3-7H2,1-2H3,(H,19,22)(H,23,24). The highest BCUT2D eigenvalue weighted by molar-refractivity contribution is 5.93. The Morgan fingerprint density at radius 3 is 2.29 bits per heavy atom. The van der Waals surface area contributed by atoms with Crippen molar-refractivity contribution in [2.24, 2.45) is 5.92 Å². The van der Waals surface area contributed by atoms with Gasteiger partial charge in [-0.1, -0.05) is 13.8 Å². The molecule has 0 atom stereocenters. The monoisotopic (exact) mass is 334 g/mol. The van der Waals surface area contributed by atoms with Gasteiger partial charge in [-0.3, -0.25) is 9.59 Å². The summed E-state index contributed by atoms with van der Waals surface area (Å²) in [6.07, 6.45) is 4.14. The van der Waals surface area contributed by atoms with Crippen LogP contribution >= 0.6 is 0 Å². The summed E-state index contributed by atoms with van der Waals surface area (Å²) in [5.41, 5.74) is -0.123. The number of carboxylic acids is 1. The molecule has 2 rings (SSSR count). The highest BCUT2D eigenvalue weighted by atomic mass is 16.4. The summed E-state index contributed by atoms with van der Waals surface area (Å²) in [7, 11) is 0. The third-order valence-electron chi connectivity index (χ3n) is 3.87. The van der Waals surface area contributed by atoms with Gasteiger partial charge in [0.1, 0.15) is 5.69 Å². The van der Waals surface area contributed by atoms with E-state index in [0.29, 0.717) is 38.3 Å². The number of carbonyl (C=O) groups is 3. The minimum Gasteiger partial charge on any atom is -0.476 e. The van der Waals surface area contributed by atoms with Gasteiger partial charge in [0, 0.05) is 25.6 Å². The Morgan fingerprint density at radius 2 is 1.79 bits per heavy atom. The number of nitrogens with zero attached hydrogens (tertiary/aromatic N) is 3. The van der Waals surface area contributed by atoms with E-state index in [2.05, 4.69) is 15.3 Å². The number of carbonyl (C=O) groups excluding carboxylic acids is 2. The average Bonchev–Trinajstić information content (AvgIpc) is 2.55. The molecule has 1 aliphatic rings. The van der Waals surface area contributed by atoms with E-state index in [9.17, 15) is 14.4 Å². The van der Waals surface area contributed by atoms with E-state index in [1.165, 1.54) is 0 Å². The third kappa shape index (κ3) is 4.74. The normalized spacial score (nSPS) is 15.4. The van der Waals surface area contributed by atoms with E-state index in [-0.39, 0.29) is 29.2 Å². The summed E-state index contributed by atoms with van der Waals surface area (Å²) in [5.74, 6) is -1.08. The zero-order chi connectivity index (χ0) is 17.7. The lowest BCUT2D eigenvalue weighted by molar-refractivity contribution is -0.133. The molecule has 0 aliphatic carbocycles. The summed E-state index contributed by atoms with van der Waals surface area (Å²) in [6.45, 7) is 5.28. The number of likely N-dealkylation sites (tertiary alicyclic amines) is 1. The first kappa shape index (κ1) is 17.8. The minimum atomic E-state index is -1.19. The molecule has 1 aliphatic heterocycles. The molecule has 8 nitrogen and oxygen atoms in total. The number of carboxylic acid groups (broad SMARTS) is 1. The second-order valence-corrected chi connectivity index (χ2v) is 6.32. The second-order valence-electron chi connectivity index (χ2n) is 6.32. The predicted octanol–water partition coefficient (Wildman–Crippen LogP) is 0.942. The number of nitrogens with one attached hydrogen (secondary N) is 1. The fourth-order valence-electron chi connectivity index (χ4n) is 2.57. The summed E-state index contributed by atoms with van der Waals surface area (Å²) in [4.78, 5) is 44.2. The largest absolute Gasteiger partial charge is 0.476 e. The maximum absolute atomic E-state index is 12.1. The van der Waals surface area contributed by atoms with Crippen LogP contribution in [0.4, 0.5) is 0 Å². The highest BCUT2D eigenvalue weighted by Crippen LogP contribution is 2.14. The number of aromatic carboxylic acids is 1. The quantitative estimate of drug-likeness (QED) is 0.829. The van der Waals surface area contributed by atoms with Crippen molar-refractivity contribution in [1.82, 2.24) is 20.2 Å². The molecule has 0 radical (unpaired) electrons. The molecule has 1 aromatic rings. The summed E-state index contributed by atoms with van der Waals surface area (Å²) in [5, 5.41) is 11.6. The zero-order valence-corrected chi connectivity index (χ0v) is 13.9.